The van der Waals surface area contributed by atoms with Crippen LogP contribution in [0.4, 0.5) is 0 Å². The molecule has 4 rings (SSSR count). The average Bonchev–Trinajstić information content (AvgIpc) is 3.06. The van der Waals surface area contributed by atoms with E-state index in [1.807, 2.05) is 24.3 Å². The molecule has 0 N–H and O–H groups in total. The molecule has 0 fully saturated rings. The first-order chi connectivity index (χ1) is 9.42. The quantitative estimate of drug-likeness (QED) is 0.512. The summed E-state index contributed by atoms with van der Waals surface area (Å²) in [6.45, 7) is 0.837. The van der Waals surface area contributed by atoms with Gasteiger partial charge in [0, 0.05) is 28.7 Å². The van der Waals surface area contributed by atoms with Crippen molar-refractivity contribution >= 4 is 21.9 Å². The molecule has 0 saturated carbocycles. The van der Waals surface area contributed by atoms with E-state index >= 15 is 0 Å². The van der Waals surface area contributed by atoms with Crippen molar-refractivity contribution in [3.63, 3.8) is 0 Å². The molecule has 2 aromatic heterocycles. The predicted molar refractivity (Wildman–Crippen MR) is 77.3 cm³/mol. The van der Waals surface area contributed by atoms with Crippen molar-refractivity contribution in [1.29, 1.82) is 0 Å². The van der Waals surface area contributed by atoms with Gasteiger partial charge in [-0.1, -0.05) is 36.4 Å². The van der Waals surface area contributed by atoms with Crippen molar-refractivity contribution in [2.75, 3.05) is 0 Å². The van der Waals surface area contributed by atoms with E-state index in [1.54, 1.807) is 0 Å². The zero-order valence-electron chi connectivity index (χ0n) is 10.4. The maximum absolute atomic E-state index is 6.02. The van der Waals surface area contributed by atoms with E-state index in [-0.39, 0.29) is 0 Å². The summed E-state index contributed by atoms with van der Waals surface area (Å²) in [4.78, 5) is 0. The molecule has 0 radical (unpaired) electrons. The van der Waals surface area contributed by atoms with E-state index in [0.29, 0.717) is 0 Å². The highest BCUT2D eigenvalue weighted by atomic mass is 16.3. The van der Waals surface area contributed by atoms with Crippen LogP contribution in [0.3, 0.4) is 0 Å². The van der Waals surface area contributed by atoms with Crippen molar-refractivity contribution in [3.8, 4) is 0 Å². The number of benzene rings is 2. The lowest BCUT2D eigenvalue weighted by atomic mass is 10.1. The highest BCUT2D eigenvalue weighted by molar-refractivity contribution is 6.05. The molecule has 0 atom stereocenters. The molecule has 0 unspecified atom stereocenters. The maximum atomic E-state index is 6.02. The van der Waals surface area contributed by atoms with Crippen LogP contribution in [0.5, 0.6) is 0 Å². The molecule has 92 valence electrons. The molecular weight excluding hydrogens is 234 g/mol. The minimum atomic E-state index is 0.837. The number of hydrogen-bond acceptors (Lipinski definition) is 1. The predicted octanol–water partition coefficient (Wildman–Crippen LogP) is 4.44. The maximum Gasteiger partial charge on any atom is 0.140 e. The van der Waals surface area contributed by atoms with Crippen LogP contribution in [0, 0.1) is 0 Å². The Labute approximate surface area is 110 Å². The Bertz CT molecular complexity index is 840. The van der Waals surface area contributed by atoms with Crippen molar-refractivity contribution in [2.24, 2.45) is 0 Å². The summed E-state index contributed by atoms with van der Waals surface area (Å²) >= 11 is 0. The van der Waals surface area contributed by atoms with Gasteiger partial charge in [0.2, 0.25) is 0 Å². The number of nitrogens with zero attached hydrogens (tertiary/aromatic N) is 1. The van der Waals surface area contributed by atoms with Crippen LogP contribution in [0.15, 0.2) is 71.4 Å². The molecule has 0 saturated heterocycles. The summed E-state index contributed by atoms with van der Waals surface area (Å²) in [6.07, 6.45) is 4.14. The number of hydrogen-bond donors (Lipinski definition) is 0. The summed E-state index contributed by atoms with van der Waals surface area (Å²) in [6, 6.07) is 18.6. The van der Waals surface area contributed by atoms with E-state index in [4.69, 9.17) is 4.42 Å². The summed E-state index contributed by atoms with van der Waals surface area (Å²) in [5.74, 6) is 0. The number of furan rings is 1. The van der Waals surface area contributed by atoms with Gasteiger partial charge in [0.15, 0.2) is 0 Å². The Morgan fingerprint density at radius 2 is 1.58 bits per heavy atom. The van der Waals surface area contributed by atoms with Crippen molar-refractivity contribution in [1.82, 2.24) is 4.57 Å². The van der Waals surface area contributed by atoms with Gasteiger partial charge in [-0.3, -0.25) is 0 Å². The summed E-state index contributed by atoms with van der Waals surface area (Å²) < 4.78 is 8.17. The number of rotatable bonds is 2. The van der Waals surface area contributed by atoms with Crippen LogP contribution in [0.1, 0.15) is 5.56 Å². The molecule has 19 heavy (non-hydrogen) atoms. The lowest BCUT2D eigenvalue weighted by molar-refractivity contribution is 0.657. The molecule has 0 spiro atoms. The monoisotopic (exact) mass is 247 g/mol. The SMILES string of the molecule is c1ccc2c(c1)oc1c(Cn3cccc3)cccc12. The smallest absolute Gasteiger partial charge is 0.140 e. The Hall–Kier alpha value is -2.48. The third-order valence-electron chi connectivity index (χ3n) is 3.50. The second-order valence-corrected chi connectivity index (χ2v) is 4.75. The van der Waals surface area contributed by atoms with E-state index in [1.165, 1.54) is 16.3 Å². The molecule has 0 aliphatic rings. The van der Waals surface area contributed by atoms with E-state index in [0.717, 1.165) is 17.7 Å². The molecule has 0 aliphatic carbocycles. The third kappa shape index (κ3) is 1.65. The fraction of sp³-hybridized carbons (Fsp3) is 0.0588. The highest BCUT2D eigenvalue weighted by Gasteiger charge is 2.09. The number of para-hydroxylation sites is 2. The Morgan fingerprint density at radius 1 is 0.789 bits per heavy atom. The van der Waals surface area contributed by atoms with Gasteiger partial charge in [0.1, 0.15) is 11.2 Å². The minimum Gasteiger partial charge on any atom is -0.456 e. The average molecular weight is 247 g/mol. The van der Waals surface area contributed by atoms with Crippen molar-refractivity contribution in [3.05, 3.63) is 72.6 Å². The van der Waals surface area contributed by atoms with Gasteiger partial charge < -0.3 is 8.98 Å². The first-order valence-electron chi connectivity index (χ1n) is 6.42. The molecule has 2 aromatic carbocycles. The second-order valence-electron chi connectivity index (χ2n) is 4.75. The molecule has 2 heteroatoms. The zero-order valence-corrected chi connectivity index (χ0v) is 10.4. The largest absolute Gasteiger partial charge is 0.456 e. The van der Waals surface area contributed by atoms with Crippen molar-refractivity contribution < 1.29 is 4.42 Å². The fourth-order valence-electron chi connectivity index (χ4n) is 2.60. The van der Waals surface area contributed by atoms with Crippen LogP contribution in [-0.4, -0.2) is 4.57 Å². The molecule has 2 heterocycles. The van der Waals surface area contributed by atoms with Gasteiger partial charge in [-0.25, -0.2) is 0 Å². The highest BCUT2D eigenvalue weighted by Crippen LogP contribution is 2.30. The molecule has 2 nitrogen and oxygen atoms in total. The number of fused-ring (bicyclic) bond motifs is 3. The Morgan fingerprint density at radius 3 is 2.47 bits per heavy atom. The van der Waals surface area contributed by atoms with Gasteiger partial charge in [-0.05, 0) is 18.2 Å². The van der Waals surface area contributed by atoms with Crippen molar-refractivity contribution in [2.45, 2.75) is 6.54 Å². The summed E-state index contributed by atoms with van der Waals surface area (Å²) in [5, 5.41) is 2.38. The van der Waals surface area contributed by atoms with Crippen LogP contribution in [-0.2, 0) is 6.54 Å². The molecule has 0 aliphatic heterocycles. The molecule has 4 aromatic rings. The molecular formula is C17H13NO. The zero-order chi connectivity index (χ0) is 12.7. The first-order valence-corrected chi connectivity index (χ1v) is 6.42. The van der Waals surface area contributed by atoms with Crippen LogP contribution < -0.4 is 0 Å². The summed E-state index contributed by atoms with van der Waals surface area (Å²) in [7, 11) is 0. The Kier molecular flexibility index (Phi) is 2.21. The normalized spacial score (nSPS) is 11.4. The standard InChI is InChI=1S/C17H13NO/c1-2-9-16-14(7-1)15-8-5-6-13(17(15)19-16)12-18-10-3-4-11-18/h1-11H,12H2. The first kappa shape index (κ1) is 10.4. The third-order valence-corrected chi connectivity index (χ3v) is 3.50. The van der Waals surface area contributed by atoms with Crippen LogP contribution >= 0.6 is 0 Å². The van der Waals surface area contributed by atoms with Gasteiger partial charge >= 0.3 is 0 Å². The van der Waals surface area contributed by atoms with Crippen LogP contribution in [0.25, 0.3) is 21.9 Å². The Balaban J connectivity index is 1.96. The number of aromatic nitrogens is 1. The summed E-state index contributed by atoms with van der Waals surface area (Å²) in [5.41, 5.74) is 3.17. The lowest BCUT2D eigenvalue weighted by Crippen LogP contribution is -1.95. The van der Waals surface area contributed by atoms with E-state index in [9.17, 15) is 0 Å². The second kappa shape index (κ2) is 4.02. The van der Waals surface area contributed by atoms with Gasteiger partial charge in [0.25, 0.3) is 0 Å². The van der Waals surface area contributed by atoms with E-state index in [2.05, 4.69) is 47.3 Å². The minimum absolute atomic E-state index is 0.837. The van der Waals surface area contributed by atoms with Crippen LogP contribution in [0.2, 0.25) is 0 Å². The van der Waals surface area contributed by atoms with Gasteiger partial charge in [0.05, 0.1) is 6.54 Å². The topological polar surface area (TPSA) is 18.1 Å². The van der Waals surface area contributed by atoms with Gasteiger partial charge in [-0.2, -0.15) is 0 Å². The molecule has 0 bridgehead atoms. The fourth-order valence-corrected chi connectivity index (χ4v) is 2.60. The molecule has 0 amide bonds. The lowest BCUT2D eigenvalue weighted by Gasteiger charge is -2.03. The van der Waals surface area contributed by atoms with Gasteiger partial charge in [-0.15, -0.1) is 0 Å². The van der Waals surface area contributed by atoms with E-state index < -0.39 is 0 Å².